The third-order valence-electron chi connectivity index (χ3n) is 8.17. The number of allylic oxidation sites excluding steroid dienone is 6. The van der Waals surface area contributed by atoms with Crippen LogP contribution in [0, 0.1) is 34.5 Å². The number of aliphatic carboxylic acids is 1. The molecule has 0 saturated heterocycles. The van der Waals surface area contributed by atoms with Crippen LogP contribution in [-0.4, -0.2) is 41.0 Å². The fourth-order valence-corrected chi connectivity index (χ4v) is 6.38. The topological polar surface area (TPSA) is 115 Å². The van der Waals surface area contributed by atoms with E-state index in [9.17, 15) is 24.0 Å². The number of carbonyl (C=O) groups is 5. The lowest BCUT2D eigenvalue weighted by Crippen LogP contribution is -2.53. The normalized spacial score (nSPS) is 35.2. The summed E-state index contributed by atoms with van der Waals surface area (Å²) in [5, 5.41) is 7.72. The number of hydrogen-bond donors (Lipinski definition) is 1. The molecule has 0 amide bonds. The SMILES string of the molecule is CCC(=O)O.CCC(=O)OCC(=O)C1CCC2C3C=CC4=CC(=O)C=CC4(C)C3C(=O)CC12C. The van der Waals surface area contributed by atoms with Crippen LogP contribution in [0.4, 0.5) is 0 Å². The monoisotopic (exact) mass is 470 g/mol. The van der Waals surface area contributed by atoms with Gasteiger partial charge in [0.15, 0.2) is 11.6 Å². The van der Waals surface area contributed by atoms with Crippen molar-refractivity contribution in [2.75, 3.05) is 6.61 Å². The predicted molar refractivity (Wildman–Crippen MR) is 125 cm³/mol. The van der Waals surface area contributed by atoms with E-state index in [0.717, 1.165) is 18.4 Å². The molecular formula is C27H34O7. The highest BCUT2D eigenvalue weighted by molar-refractivity contribution is 6.02. The van der Waals surface area contributed by atoms with Crippen LogP contribution in [0.5, 0.6) is 0 Å². The second-order valence-corrected chi connectivity index (χ2v) is 10.1. The first-order valence-electron chi connectivity index (χ1n) is 12.0. The maximum atomic E-state index is 13.4. The Morgan fingerprint density at radius 3 is 2.38 bits per heavy atom. The quantitative estimate of drug-likeness (QED) is 0.607. The van der Waals surface area contributed by atoms with Crippen molar-refractivity contribution >= 4 is 29.3 Å². The average molecular weight is 471 g/mol. The van der Waals surface area contributed by atoms with Crippen LogP contribution >= 0.6 is 0 Å². The largest absolute Gasteiger partial charge is 0.481 e. The van der Waals surface area contributed by atoms with Crippen LogP contribution in [0.1, 0.15) is 59.8 Å². The Morgan fingerprint density at radius 1 is 1.09 bits per heavy atom. The molecule has 4 aliphatic rings. The van der Waals surface area contributed by atoms with E-state index < -0.39 is 16.8 Å². The number of ether oxygens (including phenoxy) is 1. The Labute approximate surface area is 200 Å². The fraction of sp³-hybridized carbons (Fsp3) is 0.593. The molecule has 0 aromatic heterocycles. The van der Waals surface area contributed by atoms with Gasteiger partial charge in [-0.25, -0.2) is 0 Å². The van der Waals surface area contributed by atoms with Gasteiger partial charge in [-0.1, -0.05) is 45.9 Å². The van der Waals surface area contributed by atoms with E-state index in [1.54, 1.807) is 26.0 Å². The molecule has 2 saturated carbocycles. The third-order valence-corrected chi connectivity index (χ3v) is 8.17. The maximum absolute atomic E-state index is 13.4. The number of carboxylic acids is 1. The number of hydrogen-bond acceptors (Lipinski definition) is 6. The number of rotatable bonds is 5. The van der Waals surface area contributed by atoms with Crippen LogP contribution in [0.15, 0.2) is 36.0 Å². The Balaban J connectivity index is 0.000000588. The van der Waals surface area contributed by atoms with Crippen LogP contribution in [0.3, 0.4) is 0 Å². The first-order valence-corrected chi connectivity index (χ1v) is 12.0. The molecule has 0 aromatic carbocycles. The molecular weight excluding hydrogens is 436 g/mol. The van der Waals surface area contributed by atoms with Crippen molar-refractivity contribution < 1.29 is 33.8 Å². The zero-order valence-corrected chi connectivity index (χ0v) is 20.3. The zero-order valence-electron chi connectivity index (χ0n) is 20.3. The molecule has 0 bridgehead atoms. The van der Waals surface area contributed by atoms with Gasteiger partial charge in [0.25, 0.3) is 0 Å². The molecule has 2 fully saturated rings. The van der Waals surface area contributed by atoms with Crippen LogP contribution < -0.4 is 0 Å². The molecule has 4 rings (SSSR count). The minimum atomic E-state index is -0.745. The van der Waals surface area contributed by atoms with Gasteiger partial charge in [-0.2, -0.15) is 0 Å². The highest BCUT2D eigenvalue weighted by atomic mass is 16.5. The summed E-state index contributed by atoms with van der Waals surface area (Å²) >= 11 is 0. The van der Waals surface area contributed by atoms with Gasteiger partial charge < -0.3 is 9.84 Å². The number of carbonyl (C=O) groups excluding carboxylic acids is 4. The molecule has 0 aliphatic heterocycles. The Bertz CT molecular complexity index is 987. The zero-order chi connectivity index (χ0) is 25.3. The van der Waals surface area contributed by atoms with Crippen LogP contribution in [-0.2, 0) is 28.7 Å². The van der Waals surface area contributed by atoms with E-state index in [0.29, 0.717) is 6.42 Å². The molecule has 0 radical (unpaired) electrons. The third kappa shape index (κ3) is 4.57. The summed E-state index contributed by atoms with van der Waals surface area (Å²) in [7, 11) is 0. The van der Waals surface area contributed by atoms with Crippen molar-refractivity contribution in [3.05, 3.63) is 36.0 Å². The molecule has 7 heteroatoms. The summed E-state index contributed by atoms with van der Waals surface area (Å²) in [6, 6.07) is 0. The molecule has 0 aromatic rings. The Kier molecular flexibility index (Phi) is 7.44. The summed E-state index contributed by atoms with van der Waals surface area (Å²) in [5.41, 5.74) is 0.0227. The number of Topliss-reactive ketones (excluding diaryl/α,β-unsaturated/α-hetero) is 2. The van der Waals surface area contributed by atoms with E-state index in [1.165, 1.54) is 0 Å². The van der Waals surface area contributed by atoms with E-state index in [1.807, 2.05) is 19.1 Å². The fourth-order valence-electron chi connectivity index (χ4n) is 6.38. The summed E-state index contributed by atoms with van der Waals surface area (Å²) in [5.74, 6) is -1.25. The van der Waals surface area contributed by atoms with E-state index in [-0.39, 0.29) is 66.4 Å². The second-order valence-electron chi connectivity index (χ2n) is 10.1. The summed E-state index contributed by atoms with van der Waals surface area (Å²) < 4.78 is 5.08. The lowest BCUT2D eigenvalue weighted by Gasteiger charge is -2.53. The van der Waals surface area contributed by atoms with Gasteiger partial charge in [0, 0.05) is 36.5 Å². The van der Waals surface area contributed by atoms with Gasteiger partial charge in [0.05, 0.1) is 0 Å². The number of ketones is 3. The maximum Gasteiger partial charge on any atom is 0.305 e. The van der Waals surface area contributed by atoms with E-state index >= 15 is 0 Å². The number of fused-ring (bicyclic) bond motifs is 5. The summed E-state index contributed by atoms with van der Waals surface area (Å²) in [4.78, 5) is 58.9. The van der Waals surface area contributed by atoms with Crippen LogP contribution in [0.2, 0.25) is 0 Å². The molecule has 7 nitrogen and oxygen atoms in total. The molecule has 0 heterocycles. The second kappa shape index (κ2) is 9.80. The van der Waals surface area contributed by atoms with Gasteiger partial charge in [0.1, 0.15) is 12.4 Å². The van der Waals surface area contributed by atoms with Crippen molar-refractivity contribution in [2.24, 2.45) is 34.5 Å². The molecule has 1 N–H and O–H groups in total. The molecule has 0 spiro atoms. The predicted octanol–water partition coefficient (Wildman–Crippen LogP) is 3.87. The average Bonchev–Trinajstić information content (AvgIpc) is 3.14. The van der Waals surface area contributed by atoms with Crippen molar-refractivity contribution in [1.82, 2.24) is 0 Å². The summed E-state index contributed by atoms with van der Waals surface area (Å²) in [6.45, 7) is 7.21. The molecule has 184 valence electrons. The van der Waals surface area contributed by atoms with Gasteiger partial charge in [0.2, 0.25) is 0 Å². The smallest absolute Gasteiger partial charge is 0.305 e. The van der Waals surface area contributed by atoms with Crippen molar-refractivity contribution in [1.29, 1.82) is 0 Å². The standard InChI is InChI=1S/C24H28O5.C3H6O2/c1-4-21(28)29-13-20(27)18-8-7-17-16-6-5-14-11-15(25)9-10-23(14,2)22(16)19(26)12-24(17,18)3;1-2-3(4)5/h5-6,9-11,16-18,22H,4,7-8,12-13H2,1-3H3;2H2,1H3,(H,4,5). The van der Waals surface area contributed by atoms with Crippen molar-refractivity contribution in [3.8, 4) is 0 Å². The summed E-state index contributed by atoms with van der Waals surface area (Å²) in [6.07, 6.45) is 11.6. The Hall–Kier alpha value is -2.83. The molecule has 6 atom stereocenters. The van der Waals surface area contributed by atoms with Gasteiger partial charge in [-0.3, -0.25) is 24.0 Å². The van der Waals surface area contributed by atoms with Crippen LogP contribution in [0.25, 0.3) is 0 Å². The highest BCUT2D eigenvalue weighted by Crippen LogP contribution is 2.63. The first kappa shape index (κ1) is 25.8. The lowest BCUT2D eigenvalue weighted by atomic mass is 9.49. The van der Waals surface area contributed by atoms with Gasteiger partial charge >= 0.3 is 11.9 Å². The number of carboxylic acid groups (broad SMARTS) is 1. The minimum absolute atomic E-state index is 0.0400. The van der Waals surface area contributed by atoms with Gasteiger partial charge in [-0.15, -0.1) is 0 Å². The number of esters is 1. The van der Waals surface area contributed by atoms with E-state index in [2.05, 4.69) is 13.0 Å². The molecule has 4 aliphatic carbocycles. The molecule has 6 unspecified atom stereocenters. The Morgan fingerprint density at radius 2 is 1.76 bits per heavy atom. The molecule has 34 heavy (non-hydrogen) atoms. The van der Waals surface area contributed by atoms with E-state index in [4.69, 9.17) is 9.84 Å². The minimum Gasteiger partial charge on any atom is -0.481 e. The first-order chi connectivity index (χ1) is 16.0. The van der Waals surface area contributed by atoms with Crippen molar-refractivity contribution in [2.45, 2.75) is 59.8 Å². The highest BCUT2D eigenvalue weighted by Gasteiger charge is 2.61. The van der Waals surface area contributed by atoms with Crippen molar-refractivity contribution in [3.63, 3.8) is 0 Å². The lowest BCUT2D eigenvalue weighted by molar-refractivity contribution is -0.152. The van der Waals surface area contributed by atoms with Gasteiger partial charge in [-0.05, 0) is 47.8 Å².